The van der Waals surface area contributed by atoms with Crippen LogP contribution in [0.5, 0.6) is 0 Å². The molecule has 0 amide bonds. The second-order valence-corrected chi connectivity index (χ2v) is 6.82. The summed E-state index contributed by atoms with van der Waals surface area (Å²) in [5.41, 5.74) is 0.102. The summed E-state index contributed by atoms with van der Waals surface area (Å²) in [4.78, 5) is 19.7. The summed E-state index contributed by atoms with van der Waals surface area (Å²) in [5, 5.41) is 10.9. The van der Waals surface area contributed by atoms with Crippen molar-refractivity contribution in [2.24, 2.45) is 5.92 Å². The maximum atomic E-state index is 12.3. The van der Waals surface area contributed by atoms with Crippen LogP contribution < -0.4 is 10.9 Å². The molecule has 3 rings (SSSR count). The molecule has 0 spiro atoms. The van der Waals surface area contributed by atoms with E-state index in [9.17, 15) is 4.79 Å². The first-order valence-electron chi connectivity index (χ1n) is 8.67. The van der Waals surface area contributed by atoms with Crippen LogP contribution >= 0.6 is 0 Å². The van der Waals surface area contributed by atoms with Crippen molar-refractivity contribution in [2.75, 3.05) is 11.9 Å². The van der Waals surface area contributed by atoms with Gasteiger partial charge in [-0.25, -0.2) is 4.98 Å². The quantitative estimate of drug-likeness (QED) is 0.727. The maximum absolute atomic E-state index is 12.3. The van der Waals surface area contributed by atoms with Crippen LogP contribution in [0.15, 0.2) is 4.79 Å². The first kappa shape index (κ1) is 16.2. The van der Waals surface area contributed by atoms with Crippen LogP contribution in [-0.2, 0) is 11.2 Å². The van der Waals surface area contributed by atoms with Gasteiger partial charge in [-0.05, 0) is 25.7 Å². The van der Waals surface area contributed by atoms with Crippen molar-refractivity contribution in [1.29, 1.82) is 5.41 Å². The Hall–Kier alpha value is -1.69. The lowest BCUT2D eigenvalue weighted by Crippen LogP contribution is -2.34. The van der Waals surface area contributed by atoms with Crippen molar-refractivity contribution >= 4 is 12.0 Å². The highest BCUT2D eigenvalue weighted by Gasteiger charge is 2.22. The van der Waals surface area contributed by atoms with Gasteiger partial charge in [0.1, 0.15) is 11.6 Å². The molecule has 1 saturated heterocycles. The number of ether oxygens (including phenoxy) is 1. The summed E-state index contributed by atoms with van der Waals surface area (Å²) in [5.74, 6) is 1.92. The van der Waals surface area contributed by atoms with Crippen LogP contribution in [0.2, 0.25) is 0 Å². The van der Waals surface area contributed by atoms with E-state index in [1.807, 2.05) is 0 Å². The minimum atomic E-state index is -0.217. The van der Waals surface area contributed by atoms with E-state index in [0.29, 0.717) is 17.3 Å². The van der Waals surface area contributed by atoms with E-state index in [1.54, 1.807) is 0 Å². The fourth-order valence-electron chi connectivity index (χ4n) is 3.68. The average molecular weight is 318 g/mol. The fourth-order valence-corrected chi connectivity index (χ4v) is 3.68. The molecular weight excluding hydrogens is 292 g/mol. The van der Waals surface area contributed by atoms with Crippen molar-refractivity contribution in [1.82, 2.24) is 9.97 Å². The Labute approximate surface area is 136 Å². The Balaban J connectivity index is 1.79. The second kappa shape index (κ2) is 7.25. The van der Waals surface area contributed by atoms with Gasteiger partial charge in [-0.15, -0.1) is 0 Å². The number of H-pyrrole nitrogens is 1. The molecule has 1 aliphatic heterocycles. The number of hydrogen-bond acceptors (Lipinski definition) is 5. The van der Waals surface area contributed by atoms with Crippen molar-refractivity contribution in [3.05, 3.63) is 21.7 Å². The molecule has 1 saturated carbocycles. The number of hydrogen-bond donors (Lipinski definition) is 3. The first-order chi connectivity index (χ1) is 11.2. The van der Waals surface area contributed by atoms with Gasteiger partial charge in [-0.3, -0.25) is 4.79 Å². The number of nitrogens with one attached hydrogen (secondary N) is 3. The highest BCUT2D eigenvalue weighted by Crippen LogP contribution is 2.27. The predicted octanol–water partition coefficient (Wildman–Crippen LogP) is 2.48. The van der Waals surface area contributed by atoms with Crippen molar-refractivity contribution in [3.63, 3.8) is 0 Å². The van der Waals surface area contributed by atoms with Gasteiger partial charge >= 0.3 is 0 Å². The topological polar surface area (TPSA) is 90.9 Å². The molecule has 0 radical (unpaired) electrons. The third-order valence-electron chi connectivity index (χ3n) is 4.93. The highest BCUT2D eigenvalue weighted by atomic mass is 16.5. The Kier molecular flexibility index (Phi) is 5.10. The summed E-state index contributed by atoms with van der Waals surface area (Å²) >= 11 is 0. The number of anilines is 1. The largest absolute Gasteiger partial charge is 0.378 e. The van der Waals surface area contributed by atoms with E-state index in [-0.39, 0.29) is 17.7 Å². The number of aromatic nitrogens is 2. The minimum absolute atomic E-state index is 0.213. The van der Waals surface area contributed by atoms with E-state index in [0.717, 1.165) is 37.9 Å². The Morgan fingerprint density at radius 2 is 2.17 bits per heavy atom. The summed E-state index contributed by atoms with van der Waals surface area (Å²) < 4.78 is 5.57. The molecule has 1 aromatic rings. The van der Waals surface area contributed by atoms with E-state index in [1.165, 1.54) is 25.7 Å². The smallest absolute Gasteiger partial charge is 0.261 e. The molecule has 1 aromatic heterocycles. The van der Waals surface area contributed by atoms with E-state index in [4.69, 9.17) is 10.1 Å². The van der Waals surface area contributed by atoms with Crippen molar-refractivity contribution < 1.29 is 4.74 Å². The first-order valence-corrected chi connectivity index (χ1v) is 8.67. The van der Waals surface area contributed by atoms with E-state index < -0.39 is 0 Å². The maximum Gasteiger partial charge on any atom is 0.261 e. The lowest BCUT2D eigenvalue weighted by molar-refractivity contribution is 0.0231. The van der Waals surface area contributed by atoms with Crippen LogP contribution in [-0.4, -0.2) is 34.9 Å². The van der Waals surface area contributed by atoms with Gasteiger partial charge in [0.05, 0.1) is 11.7 Å². The molecule has 0 bridgehead atoms. The van der Waals surface area contributed by atoms with Crippen LogP contribution in [0.1, 0.15) is 56.8 Å². The van der Waals surface area contributed by atoms with Crippen molar-refractivity contribution in [3.8, 4) is 0 Å². The van der Waals surface area contributed by atoms with Gasteiger partial charge < -0.3 is 20.4 Å². The number of rotatable bonds is 5. The molecule has 23 heavy (non-hydrogen) atoms. The lowest BCUT2D eigenvalue weighted by atomic mass is 10.0. The average Bonchev–Trinajstić information content (AvgIpc) is 3.00. The zero-order valence-corrected chi connectivity index (χ0v) is 13.7. The van der Waals surface area contributed by atoms with E-state index in [2.05, 4.69) is 22.2 Å². The Morgan fingerprint density at radius 3 is 2.87 bits per heavy atom. The Morgan fingerprint density at radius 1 is 1.39 bits per heavy atom. The fraction of sp³-hybridized carbons (Fsp3) is 0.706. The molecule has 0 aromatic carbocycles. The zero-order chi connectivity index (χ0) is 16.2. The van der Waals surface area contributed by atoms with Gasteiger partial charge in [0, 0.05) is 25.3 Å². The molecule has 2 atom stereocenters. The molecule has 126 valence electrons. The monoisotopic (exact) mass is 318 g/mol. The molecule has 2 fully saturated rings. The predicted molar refractivity (Wildman–Crippen MR) is 90.5 cm³/mol. The molecule has 2 heterocycles. The van der Waals surface area contributed by atoms with Gasteiger partial charge in [-0.2, -0.15) is 0 Å². The molecule has 6 nitrogen and oxygen atoms in total. The van der Waals surface area contributed by atoms with E-state index >= 15 is 0 Å². The van der Waals surface area contributed by atoms with Gasteiger partial charge in [0.2, 0.25) is 0 Å². The van der Waals surface area contributed by atoms with Crippen LogP contribution in [0, 0.1) is 11.3 Å². The standard InChI is InChI=1S/C17H26N4O2/c1-11-8-13(6-7-23-11)19-16-14(10-18)17(22)21-15(20-16)9-12-4-2-3-5-12/h10-13,18H,2-9H2,1H3,(H2,19,20,21,22). The lowest BCUT2D eigenvalue weighted by Gasteiger charge is -2.28. The van der Waals surface area contributed by atoms with Gasteiger partial charge in [0.15, 0.2) is 0 Å². The molecule has 3 N–H and O–H groups in total. The van der Waals surface area contributed by atoms with Crippen LogP contribution in [0.4, 0.5) is 5.82 Å². The number of nitrogens with zero attached hydrogens (tertiary/aromatic N) is 1. The van der Waals surface area contributed by atoms with Gasteiger partial charge in [0.25, 0.3) is 5.56 Å². The highest BCUT2D eigenvalue weighted by molar-refractivity contribution is 5.83. The zero-order valence-electron chi connectivity index (χ0n) is 13.7. The SMILES string of the molecule is CC1CC(Nc2nc(CC3CCCC3)[nH]c(=O)c2C=N)CCO1. The van der Waals surface area contributed by atoms with Crippen LogP contribution in [0.3, 0.4) is 0 Å². The third kappa shape index (κ3) is 3.99. The molecular formula is C17H26N4O2. The normalized spacial score (nSPS) is 25.4. The molecule has 1 aliphatic carbocycles. The molecule has 2 aliphatic rings. The summed E-state index contributed by atoms with van der Waals surface area (Å²) in [7, 11) is 0. The molecule has 6 heteroatoms. The minimum Gasteiger partial charge on any atom is -0.378 e. The summed E-state index contributed by atoms with van der Waals surface area (Å²) in [6.45, 7) is 2.78. The second-order valence-electron chi connectivity index (χ2n) is 6.82. The molecule has 2 unspecified atom stereocenters. The van der Waals surface area contributed by atoms with Crippen molar-refractivity contribution in [2.45, 2.75) is 64.0 Å². The third-order valence-corrected chi connectivity index (χ3v) is 4.93. The summed E-state index contributed by atoms with van der Waals surface area (Å²) in [6.07, 6.45) is 8.91. The number of aromatic amines is 1. The van der Waals surface area contributed by atoms with Gasteiger partial charge in [-0.1, -0.05) is 25.7 Å². The van der Waals surface area contributed by atoms with Crippen LogP contribution in [0.25, 0.3) is 0 Å². The Bertz CT molecular complexity index is 607. The summed E-state index contributed by atoms with van der Waals surface area (Å²) in [6, 6.07) is 0.242.